The Morgan fingerprint density at radius 1 is 1.00 bits per heavy atom. The lowest BCUT2D eigenvalue weighted by atomic mass is 10.2. The van der Waals surface area contributed by atoms with Gasteiger partial charge in [0, 0.05) is 10.0 Å². The van der Waals surface area contributed by atoms with E-state index in [1.807, 2.05) is 0 Å². The van der Waals surface area contributed by atoms with Crippen LogP contribution in [-0.2, 0) is 9.59 Å². The van der Waals surface area contributed by atoms with Gasteiger partial charge in [0.2, 0.25) is 5.91 Å². The van der Waals surface area contributed by atoms with Gasteiger partial charge in [-0.1, -0.05) is 40.9 Å². The van der Waals surface area contributed by atoms with Gasteiger partial charge in [-0.3, -0.25) is 9.59 Å². The molecule has 2 aromatic rings. The Morgan fingerprint density at radius 3 is 2.43 bits per heavy atom. The van der Waals surface area contributed by atoms with E-state index in [-0.39, 0.29) is 18.2 Å². The van der Waals surface area contributed by atoms with Gasteiger partial charge in [0.05, 0.1) is 22.8 Å². The lowest BCUT2D eigenvalue weighted by molar-refractivity contribution is -0.121. The van der Waals surface area contributed by atoms with E-state index in [0.717, 1.165) is 4.90 Å². The molecular weight excluding hydrogens is 359 g/mol. The van der Waals surface area contributed by atoms with E-state index in [1.54, 1.807) is 42.5 Å². The van der Waals surface area contributed by atoms with Crippen LogP contribution in [0.25, 0.3) is 0 Å². The van der Waals surface area contributed by atoms with Crippen molar-refractivity contribution in [2.24, 2.45) is 0 Å². The molecule has 1 atom stereocenters. The van der Waals surface area contributed by atoms with Crippen molar-refractivity contribution >= 4 is 58.0 Å². The van der Waals surface area contributed by atoms with Crippen LogP contribution in [0.2, 0.25) is 15.1 Å². The fourth-order valence-electron chi connectivity index (χ4n) is 2.43. The Bertz CT molecular complexity index is 795. The summed E-state index contributed by atoms with van der Waals surface area (Å²) in [5.41, 5.74) is 1.01. The molecule has 7 heteroatoms. The van der Waals surface area contributed by atoms with Gasteiger partial charge in [-0.2, -0.15) is 0 Å². The van der Waals surface area contributed by atoms with Crippen LogP contribution in [0.1, 0.15) is 6.42 Å². The summed E-state index contributed by atoms with van der Waals surface area (Å²) < 4.78 is 0. The van der Waals surface area contributed by atoms with Crippen molar-refractivity contribution in [3.8, 4) is 0 Å². The number of anilines is 2. The van der Waals surface area contributed by atoms with E-state index in [9.17, 15) is 9.59 Å². The molecule has 0 aliphatic carbocycles. The van der Waals surface area contributed by atoms with Crippen LogP contribution >= 0.6 is 34.8 Å². The molecule has 0 radical (unpaired) electrons. The first-order valence-corrected chi connectivity index (χ1v) is 7.93. The molecule has 23 heavy (non-hydrogen) atoms. The van der Waals surface area contributed by atoms with Crippen molar-refractivity contribution in [1.29, 1.82) is 0 Å². The maximum atomic E-state index is 12.5. The molecule has 1 heterocycles. The third-order valence-electron chi connectivity index (χ3n) is 3.47. The summed E-state index contributed by atoms with van der Waals surface area (Å²) in [6.45, 7) is 0. The first-order chi connectivity index (χ1) is 11.0. The molecule has 0 spiro atoms. The zero-order valence-electron chi connectivity index (χ0n) is 11.7. The summed E-state index contributed by atoms with van der Waals surface area (Å²) in [7, 11) is 0. The van der Waals surface area contributed by atoms with Crippen molar-refractivity contribution in [3.05, 3.63) is 57.5 Å². The van der Waals surface area contributed by atoms with Gasteiger partial charge in [-0.05, 0) is 36.4 Å². The number of benzene rings is 2. The molecule has 0 unspecified atom stereocenters. The topological polar surface area (TPSA) is 49.4 Å². The van der Waals surface area contributed by atoms with Crippen LogP contribution in [0, 0.1) is 0 Å². The second-order valence-electron chi connectivity index (χ2n) is 5.07. The summed E-state index contributed by atoms with van der Waals surface area (Å²) in [5, 5.41) is 4.34. The van der Waals surface area contributed by atoms with Gasteiger partial charge in [0.25, 0.3) is 5.91 Å². The first-order valence-electron chi connectivity index (χ1n) is 6.79. The number of nitrogens with zero attached hydrogens (tertiary/aromatic N) is 1. The molecule has 0 aromatic heterocycles. The average Bonchev–Trinajstić information content (AvgIpc) is 2.76. The standard InChI is InChI=1S/C16H11Cl3N2O2/c17-9-2-1-3-11(6-9)21-15(22)8-14(16(21)23)20-13-5-4-10(18)7-12(13)19/h1-7,14,20H,8H2/t14-/m1/s1. The number of carbonyl (C=O) groups excluding carboxylic acids is 2. The van der Waals surface area contributed by atoms with Crippen LogP contribution in [0.3, 0.4) is 0 Å². The number of hydrogen-bond acceptors (Lipinski definition) is 3. The molecule has 3 rings (SSSR count). The van der Waals surface area contributed by atoms with Crippen molar-refractivity contribution in [1.82, 2.24) is 0 Å². The summed E-state index contributed by atoms with van der Waals surface area (Å²) in [4.78, 5) is 25.9. The molecule has 0 bridgehead atoms. The zero-order valence-corrected chi connectivity index (χ0v) is 14.0. The first kappa shape index (κ1) is 16.1. The van der Waals surface area contributed by atoms with Crippen LogP contribution in [0.15, 0.2) is 42.5 Å². The molecule has 1 fully saturated rings. The lowest BCUT2D eigenvalue weighted by Crippen LogP contribution is -2.34. The van der Waals surface area contributed by atoms with E-state index < -0.39 is 6.04 Å². The van der Waals surface area contributed by atoms with Crippen molar-refractivity contribution < 1.29 is 9.59 Å². The normalized spacial score (nSPS) is 17.7. The summed E-state index contributed by atoms with van der Waals surface area (Å²) >= 11 is 17.9. The fourth-order valence-corrected chi connectivity index (χ4v) is 3.07. The predicted molar refractivity (Wildman–Crippen MR) is 92.4 cm³/mol. The zero-order chi connectivity index (χ0) is 16.6. The van der Waals surface area contributed by atoms with Gasteiger partial charge in [-0.25, -0.2) is 4.90 Å². The SMILES string of the molecule is O=C1C[C@@H](Nc2ccc(Cl)cc2Cl)C(=O)N1c1cccc(Cl)c1. The van der Waals surface area contributed by atoms with E-state index in [4.69, 9.17) is 34.8 Å². The van der Waals surface area contributed by atoms with Crippen LogP contribution in [0.5, 0.6) is 0 Å². The molecule has 2 aromatic carbocycles. The van der Waals surface area contributed by atoms with Gasteiger partial charge in [-0.15, -0.1) is 0 Å². The highest BCUT2D eigenvalue weighted by molar-refractivity contribution is 6.36. The molecule has 1 saturated heterocycles. The number of carbonyl (C=O) groups is 2. The van der Waals surface area contributed by atoms with Crippen molar-refractivity contribution in [2.45, 2.75) is 12.5 Å². The van der Waals surface area contributed by atoms with Gasteiger partial charge in [0.1, 0.15) is 6.04 Å². The Labute approximate surface area is 147 Å². The summed E-state index contributed by atoms with van der Waals surface area (Å²) in [6.07, 6.45) is 0.0459. The predicted octanol–water partition coefficient (Wildman–Crippen LogP) is 4.39. The molecule has 2 amide bonds. The van der Waals surface area contributed by atoms with Gasteiger partial charge in [0.15, 0.2) is 0 Å². The maximum Gasteiger partial charge on any atom is 0.256 e. The number of imide groups is 1. The minimum atomic E-state index is -0.680. The fraction of sp³-hybridized carbons (Fsp3) is 0.125. The Balaban J connectivity index is 1.84. The highest BCUT2D eigenvalue weighted by Gasteiger charge is 2.39. The molecule has 1 aliphatic heterocycles. The molecule has 118 valence electrons. The van der Waals surface area contributed by atoms with Crippen LogP contribution in [0.4, 0.5) is 11.4 Å². The lowest BCUT2D eigenvalue weighted by Gasteiger charge is -2.17. The highest BCUT2D eigenvalue weighted by Crippen LogP contribution is 2.30. The molecular formula is C16H11Cl3N2O2. The number of halogens is 3. The molecule has 1 aliphatic rings. The third kappa shape index (κ3) is 3.29. The second kappa shape index (κ2) is 6.40. The number of nitrogens with one attached hydrogen (secondary N) is 1. The average molecular weight is 370 g/mol. The smallest absolute Gasteiger partial charge is 0.256 e. The number of amides is 2. The molecule has 0 saturated carbocycles. The third-order valence-corrected chi connectivity index (χ3v) is 4.26. The Hall–Kier alpha value is -1.75. The summed E-state index contributed by atoms with van der Waals surface area (Å²) in [5.74, 6) is -0.636. The minimum absolute atomic E-state index is 0.0459. The quantitative estimate of drug-likeness (QED) is 0.816. The number of hydrogen-bond donors (Lipinski definition) is 1. The largest absolute Gasteiger partial charge is 0.372 e. The summed E-state index contributed by atoms with van der Waals surface area (Å²) in [6, 6.07) is 10.8. The van der Waals surface area contributed by atoms with Crippen molar-refractivity contribution in [2.75, 3.05) is 10.2 Å². The maximum absolute atomic E-state index is 12.5. The molecule has 1 N–H and O–H groups in total. The monoisotopic (exact) mass is 368 g/mol. The van der Waals surface area contributed by atoms with E-state index in [2.05, 4.69) is 5.32 Å². The van der Waals surface area contributed by atoms with Gasteiger partial charge < -0.3 is 5.32 Å². The van der Waals surface area contributed by atoms with E-state index in [0.29, 0.717) is 26.4 Å². The minimum Gasteiger partial charge on any atom is -0.372 e. The van der Waals surface area contributed by atoms with E-state index in [1.165, 1.54) is 0 Å². The van der Waals surface area contributed by atoms with Crippen LogP contribution in [-0.4, -0.2) is 17.9 Å². The van der Waals surface area contributed by atoms with Crippen molar-refractivity contribution in [3.63, 3.8) is 0 Å². The molecule has 4 nitrogen and oxygen atoms in total. The number of rotatable bonds is 3. The second-order valence-corrected chi connectivity index (χ2v) is 6.35. The van der Waals surface area contributed by atoms with Gasteiger partial charge >= 0.3 is 0 Å². The Kier molecular flexibility index (Phi) is 4.48. The Morgan fingerprint density at radius 2 is 1.74 bits per heavy atom. The highest BCUT2D eigenvalue weighted by atomic mass is 35.5. The van der Waals surface area contributed by atoms with E-state index >= 15 is 0 Å². The van der Waals surface area contributed by atoms with Crippen LogP contribution < -0.4 is 10.2 Å².